The van der Waals surface area contributed by atoms with E-state index in [0.717, 1.165) is 18.0 Å². The van der Waals surface area contributed by atoms with Crippen LogP contribution in [0.2, 0.25) is 0 Å². The molecule has 2 atom stereocenters. The van der Waals surface area contributed by atoms with Gasteiger partial charge in [-0.1, -0.05) is 0 Å². The van der Waals surface area contributed by atoms with E-state index in [1.807, 2.05) is 0 Å². The van der Waals surface area contributed by atoms with Gasteiger partial charge in [-0.3, -0.25) is 14.5 Å². The first-order valence-corrected chi connectivity index (χ1v) is 4.83. The van der Waals surface area contributed by atoms with Gasteiger partial charge in [0.2, 0.25) is 0 Å². The van der Waals surface area contributed by atoms with Gasteiger partial charge >= 0.3 is 5.97 Å². The van der Waals surface area contributed by atoms with Crippen LogP contribution in [0.5, 0.6) is 0 Å². The Balaban J connectivity index is 2.21. The second kappa shape index (κ2) is 3.06. The Bertz CT molecular complexity index is 362. The predicted molar refractivity (Wildman–Crippen MR) is 49.5 cm³/mol. The van der Waals surface area contributed by atoms with Crippen molar-refractivity contribution in [3.8, 4) is 0 Å². The van der Waals surface area contributed by atoms with Crippen molar-refractivity contribution in [3.05, 3.63) is 24.1 Å². The lowest BCUT2D eigenvalue weighted by Gasteiger charge is -2.42. The molecule has 0 aliphatic carbocycles. The number of nitrogens with zero attached hydrogens (tertiary/aromatic N) is 1. The molecule has 2 aliphatic heterocycles. The lowest BCUT2D eigenvalue weighted by molar-refractivity contribution is -0.136. The maximum atomic E-state index is 11.2. The summed E-state index contributed by atoms with van der Waals surface area (Å²) in [4.78, 5) is 23.2. The topological polar surface area (TPSA) is 77.8 Å². The number of amides is 1. The van der Waals surface area contributed by atoms with Crippen LogP contribution < -0.4 is 0 Å². The van der Waals surface area contributed by atoms with Crippen LogP contribution >= 0.6 is 11.8 Å². The third-order valence-electron chi connectivity index (χ3n) is 2.08. The number of aliphatic hydroxyl groups is 1. The molecule has 6 heteroatoms. The second-order valence-electron chi connectivity index (χ2n) is 2.89. The van der Waals surface area contributed by atoms with Gasteiger partial charge in [0.25, 0.3) is 5.91 Å². The van der Waals surface area contributed by atoms with Gasteiger partial charge in [0, 0.05) is 6.20 Å². The van der Waals surface area contributed by atoms with E-state index in [9.17, 15) is 9.59 Å². The number of carbonyl (C=O) groups is 2. The number of β-lactam (4-membered cyclic amide) rings is 1. The van der Waals surface area contributed by atoms with Gasteiger partial charge in [0.1, 0.15) is 10.6 Å². The highest BCUT2D eigenvalue weighted by molar-refractivity contribution is 8.01. The largest absolute Gasteiger partial charge is 0.515 e. The Kier molecular flexibility index (Phi) is 1.99. The minimum atomic E-state index is -0.942. The van der Waals surface area contributed by atoms with Crippen LogP contribution in [0.1, 0.15) is 0 Å². The van der Waals surface area contributed by atoms with E-state index in [1.165, 1.54) is 17.2 Å². The van der Waals surface area contributed by atoms with Crippen LogP contribution in [0.3, 0.4) is 0 Å². The Hall–Kier alpha value is -1.43. The summed E-state index contributed by atoms with van der Waals surface area (Å²) in [7, 11) is 0. The van der Waals surface area contributed by atoms with Crippen molar-refractivity contribution in [2.45, 2.75) is 10.6 Å². The first kappa shape index (κ1) is 9.14. The molecule has 0 saturated carbocycles. The molecule has 2 heterocycles. The lowest BCUT2D eigenvalue weighted by atomic mass is 10.1. The first-order chi connectivity index (χ1) is 6.65. The monoisotopic (exact) mass is 213 g/mol. The van der Waals surface area contributed by atoms with Crippen molar-refractivity contribution in [3.63, 3.8) is 0 Å². The third-order valence-corrected chi connectivity index (χ3v) is 3.47. The number of thioether (sulfide) groups is 1. The van der Waals surface area contributed by atoms with Crippen LogP contribution in [0, 0.1) is 0 Å². The normalized spacial score (nSPS) is 32.7. The molecule has 2 rings (SSSR count). The number of rotatable bonds is 1. The SMILES string of the molecule is O=C(O)C1C=CN2C(=O)C(=CO)[C@H]2S1. The molecule has 74 valence electrons. The summed E-state index contributed by atoms with van der Waals surface area (Å²) >= 11 is 1.12. The van der Waals surface area contributed by atoms with Crippen molar-refractivity contribution in [1.29, 1.82) is 0 Å². The van der Waals surface area contributed by atoms with E-state index in [1.54, 1.807) is 0 Å². The maximum absolute atomic E-state index is 11.2. The molecular formula is C8H7NO4S. The van der Waals surface area contributed by atoms with E-state index in [0.29, 0.717) is 0 Å². The van der Waals surface area contributed by atoms with E-state index in [-0.39, 0.29) is 16.9 Å². The highest BCUT2D eigenvalue weighted by Gasteiger charge is 2.45. The predicted octanol–water partition coefficient (Wildman–Crippen LogP) is 0.310. The number of hydrogen-bond donors (Lipinski definition) is 2. The number of aliphatic carboxylic acids is 1. The van der Waals surface area contributed by atoms with Crippen LogP contribution in [0.15, 0.2) is 24.1 Å². The summed E-state index contributed by atoms with van der Waals surface area (Å²) in [6, 6.07) is 0. The molecule has 0 bridgehead atoms. The van der Waals surface area contributed by atoms with Crippen molar-refractivity contribution in [2.24, 2.45) is 0 Å². The van der Waals surface area contributed by atoms with Crippen LogP contribution in [0.25, 0.3) is 0 Å². The fraction of sp³-hybridized carbons (Fsp3) is 0.250. The summed E-state index contributed by atoms with van der Waals surface area (Å²) < 4.78 is 0. The average molecular weight is 213 g/mol. The van der Waals surface area contributed by atoms with E-state index >= 15 is 0 Å². The molecule has 2 N–H and O–H groups in total. The van der Waals surface area contributed by atoms with Gasteiger partial charge in [0.15, 0.2) is 0 Å². The van der Waals surface area contributed by atoms with Gasteiger partial charge < -0.3 is 10.2 Å². The molecule has 0 aromatic carbocycles. The summed E-state index contributed by atoms with van der Waals surface area (Å²) in [5.41, 5.74) is 0.255. The second-order valence-corrected chi connectivity index (χ2v) is 4.11. The minimum absolute atomic E-state index is 0.255. The molecule has 1 saturated heterocycles. The molecule has 1 fully saturated rings. The number of aliphatic hydroxyl groups excluding tert-OH is 1. The molecule has 0 aromatic rings. The van der Waals surface area contributed by atoms with Crippen LogP contribution in [-0.4, -0.2) is 37.6 Å². The zero-order valence-corrected chi connectivity index (χ0v) is 7.77. The van der Waals surface area contributed by atoms with Crippen molar-refractivity contribution < 1.29 is 19.8 Å². The maximum Gasteiger partial charge on any atom is 0.320 e. The lowest BCUT2D eigenvalue weighted by Crippen LogP contribution is -2.52. The van der Waals surface area contributed by atoms with Crippen molar-refractivity contribution in [1.82, 2.24) is 4.90 Å². The number of carbonyl (C=O) groups excluding carboxylic acids is 1. The van der Waals surface area contributed by atoms with Gasteiger partial charge in [-0.15, -0.1) is 11.8 Å². The number of carboxylic acids is 1. The molecule has 0 aromatic heterocycles. The van der Waals surface area contributed by atoms with Gasteiger partial charge in [-0.2, -0.15) is 0 Å². The fourth-order valence-corrected chi connectivity index (χ4v) is 2.50. The molecule has 1 amide bonds. The Labute approximate surface area is 83.7 Å². The number of carboxylic acid groups (broad SMARTS) is 1. The minimum Gasteiger partial charge on any atom is -0.515 e. The van der Waals surface area contributed by atoms with Gasteiger partial charge in [0.05, 0.1) is 11.8 Å². The first-order valence-electron chi connectivity index (χ1n) is 3.88. The molecule has 5 nitrogen and oxygen atoms in total. The number of fused-ring (bicyclic) bond motifs is 1. The highest BCUT2D eigenvalue weighted by atomic mass is 32.2. The molecule has 0 radical (unpaired) electrons. The standard InChI is InChI=1S/C8H7NO4S/c10-3-4-6(11)9-2-1-5(8(12)13)14-7(4)9/h1-3,5,7,10H,(H,12,13)/t5?,7-/m1/s1. The summed E-state index contributed by atoms with van der Waals surface area (Å²) in [6.07, 6.45) is 3.65. The molecule has 1 unspecified atom stereocenters. The van der Waals surface area contributed by atoms with Gasteiger partial charge in [-0.05, 0) is 6.08 Å². The Morgan fingerprint density at radius 1 is 1.64 bits per heavy atom. The van der Waals surface area contributed by atoms with Crippen molar-refractivity contribution in [2.75, 3.05) is 0 Å². The van der Waals surface area contributed by atoms with E-state index in [2.05, 4.69) is 0 Å². The third kappa shape index (κ3) is 1.11. The summed E-state index contributed by atoms with van der Waals surface area (Å²) in [5, 5.41) is 16.5. The average Bonchev–Trinajstić information content (AvgIpc) is 2.17. The quantitative estimate of drug-likeness (QED) is 0.372. The van der Waals surface area contributed by atoms with Gasteiger partial charge in [-0.25, -0.2) is 0 Å². The summed E-state index contributed by atoms with van der Waals surface area (Å²) in [5.74, 6) is -1.22. The van der Waals surface area contributed by atoms with Crippen LogP contribution in [0.4, 0.5) is 0 Å². The number of hydrogen-bond acceptors (Lipinski definition) is 4. The molecule has 0 spiro atoms. The fourth-order valence-electron chi connectivity index (χ4n) is 1.34. The van der Waals surface area contributed by atoms with E-state index in [4.69, 9.17) is 10.2 Å². The zero-order chi connectivity index (χ0) is 10.3. The van der Waals surface area contributed by atoms with E-state index < -0.39 is 11.2 Å². The van der Waals surface area contributed by atoms with Crippen LogP contribution in [-0.2, 0) is 9.59 Å². The molecule has 2 aliphatic rings. The molecular weight excluding hydrogens is 206 g/mol. The highest BCUT2D eigenvalue weighted by Crippen LogP contribution is 2.40. The summed E-state index contributed by atoms with van der Waals surface area (Å²) in [6.45, 7) is 0. The van der Waals surface area contributed by atoms with Crippen molar-refractivity contribution >= 4 is 23.6 Å². The Morgan fingerprint density at radius 2 is 2.36 bits per heavy atom. The zero-order valence-electron chi connectivity index (χ0n) is 6.95. The molecule has 14 heavy (non-hydrogen) atoms. The smallest absolute Gasteiger partial charge is 0.320 e. The Morgan fingerprint density at radius 3 is 2.93 bits per heavy atom.